The van der Waals surface area contributed by atoms with Gasteiger partial charge in [0.05, 0.1) is 0 Å². The molecule has 1 aromatic carbocycles. The molecule has 2 N–H and O–H groups in total. The molecule has 2 atom stereocenters. The van der Waals surface area contributed by atoms with Crippen molar-refractivity contribution in [1.29, 1.82) is 0 Å². The highest BCUT2D eigenvalue weighted by Gasteiger charge is 2.21. The van der Waals surface area contributed by atoms with Gasteiger partial charge in [-0.1, -0.05) is 13.0 Å². The topological polar surface area (TPSA) is 32.3 Å². The van der Waals surface area contributed by atoms with Crippen LogP contribution in [0.2, 0.25) is 0 Å². The van der Waals surface area contributed by atoms with Gasteiger partial charge in [0.15, 0.2) is 0 Å². The predicted molar refractivity (Wildman–Crippen MR) is 74.8 cm³/mol. The van der Waals surface area contributed by atoms with Crippen LogP contribution in [-0.4, -0.2) is 23.2 Å². The molecular weight excluding hydrogens is 230 g/mol. The summed E-state index contributed by atoms with van der Waals surface area (Å²) < 4.78 is 0. The second-order valence-corrected chi connectivity index (χ2v) is 6.04. The molecule has 1 aliphatic carbocycles. The summed E-state index contributed by atoms with van der Waals surface area (Å²) in [6.07, 6.45) is 5.62. The fourth-order valence-corrected chi connectivity index (χ4v) is 2.75. The largest absolute Gasteiger partial charge is 0.508 e. The number of rotatable bonds is 5. The highest BCUT2D eigenvalue weighted by molar-refractivity contribution is 7.99. The molecule has 0 amide bonds. The lowest BCUT2D eigenvalue weighted by molar-refractivity contribution is 0.474. The minimum atomic E-state index is 0.389. The number of fused-ring (bicyclic) bond motifs is 1. The highest BCUT2D eigenvalue weighted by Crippen LogP contribution is 2.33. The first-order valence-corrected chi connectivity index (χ1v) is 7.57. The van der Waals surface area contributed by atoms with Crippen LogP contribution >= 0.6 is 11.8 Å². The van der Waals surface area contributed by atoms with Crippen molar-refractivity contribution in [2.45, 2.75) is 37.5 Å². The van der Waals surface area contributed by atoms with Crippen LogP contribution in [0, 0.1) is 0 Å². The summed E-state index contributed by atoms with van der Waals surface area (Å²) in [5, 5.41) is 13.8. The Morgan fingerprint density at radius 2 is 2.35 bits per heavy atom. The van der Waals surface area contributed by atoms with Crippen molar-refractivity contribution in [1.82, 2.24) is 5.32 Å². The number of hydrogen-bond donors (Lipinski definition) is 2. The molecule has 0 aromatic heterocycles. The maximum Gasteiger partial charge on any atom is 0.115 e. The molecule has 0 heterocycles. The van der Waals surface area contributed by atoms with Crippen LogP contribution in [0.4, 0.5) is 0 Å². The number of hydrogen-bond acceptors (Lipinski definition) is 3. The maximum atomic E-state index is 9.44. The van der Waals surface area contributed by atoms with Crippen LogP contribution in [-0.2, 0) is 6.42 Å². The number of thioether (sulfide) groups is 1. The van der Waals surface area contributed by atoms with Crippen molar-refractivity contribution in [2.75, 3.05) is 12.8 Å². The Morgan fingerprint density at radius 3 is 3.12 bits per heavy atom. The molecule has 0 spiro atoms. The van der Waals surface area contributed by atoms with E-state index in [0.717, 1.165) is 24.6 Å². The Balaban J connectivity index is 1.89. The monoisotopic (exact) mass is 251 g/mol. The first-order valence-electron chi connectivity index (χ1n) is 6.28. The summed E-state index contributed by atoms with van der Waals surface area (Å²) in [6.45, 7) is 3.35. The smallest absolute Gasteiger partial charge is 0.115 e. The van der Waals surface area contributed by atoms with Crippen LogP contribution in [0.3, 0.4) is 0 Å². The Hall–Kier alpha value is -0.670. The fourth-order valence-electron chi connectivity index (χ4n) is 2.39. The quantitative estimate of drug-likeness (QED) is 0.843. The molecule has 2 nitrogen and oxygen atoms in total. The summed E-state index contributed by atoms with van der Waals surface area (Å²) >= 11 is 1.92. The van der Waals surface area contributed by atoms with Gasteiger partial charge in [0.25, 0.3) is 0 Å². The van der Waals surface area contributed by atoms with Crippen LogP contribution in [0.5, 0.6) is 5.75 Å². The van der Waals surface area contributed by atoms with Crippen molar-refractivity contribution in [3.63, 3.8) is 0 Å². The number of nitrogens with one attached hydrogen (secondary N) is 1. The van der Waals surface area contributed by atoms with Gasteiger partial charge in [-0.15, -0.1) is 0 Å². The van der Waals surface area contributed by atoms with Crippen molar-refractivity contribution in [3.8, 4) is 5.75 Å². The lowest BCUT2D eigenvalue weighted by Gasteiger charge is -2.15. The van der Waals surface area contributed by atoms with E-state index in [1.807, 2.05) is 17.8 Å². The Labute approximate surface area is 108 Å². The molecule has 0 saturated heterocycles. The first kappa shape index (κ1) is 12.8. The second-order valence-electron chi connectivity index (χ2n) is 4.76. The van der Waals surface area contributed by atoms with E-state index in [1.54, 1.807) is 6.07 Å². The van der Waals surface area contributed by atoms with E-state index >= 15 is 0 Å². The normalized spacial score (nSPS) is 20.2. The Morgan fingerprint density at radius 1 is 1.53 bits per heavy atom. The summed E-state index contributed by atoms with van der Waals surface area (Å²) in [4.78, 5) is 0. The average molecular weight is 251 g/mol. The molecule has 0 aliphatic heterocycles. The second kappa shape index (κ2) is 5.78. The van der Waals surface area contributed by atoms with Gasteiger partial charge in [0.1, 0.15) is 5.75 Å². The molecule has 0 radical (unpaired) electrons. The number of aryl methyl sites for hydroxylation is 1. The van der Waals surface area contributed by atoms with Crippen LogP contribution in [0.1, 0.15) is 36.9 Å². The first-order chi connectivity index (χ1) is 8.20. The Bertz CT molecular complexity index is 380. The molecule has 2 unspecified atom stereocenters. The van der Waals surface area contributed by atoms with E-state index in [9.17, 15) is 5.11 Å². The lowest BCUT2D eigenvalue weighted by atomic mass is 10.1. The minimum Gasteiger partial charge on any atom is -0.508 e. The van der Waals surface area contributed by atoms with E-state index in [0.29, 0.717) is 11.8 Å². The lowest BCUT2D eigenvalue weighted by Crippen LogP contribution is -2.22. The van der Waals surface area contributed by atoms with E-state index < -0.39 is 0 Å². The van der Waals surface area contributed by atoms with E-state index in [4.69, 9.17) is 0 Å². The molecule has 0 fully saturated rings. The van der Waals surface area contributed by atoms with E-state index in [2.05, 4.69) is 24.6 Å². The fraction of sp³-hybridized carbons (Fsp3) is 0.571. The van der Waals surface area contributed by atoms with Gasteiger partial charge >= 0.3 is 0 Å². The third kappa shape index (κ3) is 3.17. The average Bonchev–Trinajstić information content (AvgIpc) is 2.71. The Kier molecular flexibility index (Phi) is 4.35. The molecule has 94 valence electrons. The molecule has 0 bridgehead atoms. The van der Waals surface area contributed by atoms with Crippen molar-refractivity contribution in [2.24, 2.45) is 0 Å². The summed E-state index contributed by atoms with van der Waals surface area (Å²) in [5.74, 6) is 0.389. The SMILES string of the molecule is CSC(C)CCNC1CCc2cc(O)ccc21. The molecule has 2 rings (SSSR count). The zero-order chi connectivity index (χ0) is 12.3. The zero-order valence-electron chi connectivity index (χ0n) is 10.6. The van der Waals surface area contributed by atoms with Gasteiger partial charge in [-0.2, -0.15) is 11.8 Å². The van der Waals surface area contributed by atoms with E-state index in [-0.39, 0.29) is 0 Å². The van der Waals surface area contributed by atoms with Gasteiger partial charge in [0.2, 0.25) is 0 Å². The van der Waals surface area contributed by atoms with Crippen molar-refractivity contribution in [3.05, 3.63) is 29.3 Å². The summed E-state index contributed by atoms with van der Waals surface area (Å²) in [6, 6.07) is 6.25. The number of benzene rings is 1. The highest BCUT2D eigenvalue weighted by atomic mass is 32.2. The predicted octanol–water partition coefficient (Wildman–Crippen LogP) is 3.11. The van der Waals surface area contributed by atoms with Crippen LogP contribution in [0.15, 0.2) is 18.2 Å². The van der Waals surface area contributed by atoms with Crippen molar-refractivity contribution >= 4 is 11.8 Å². The maximum absolute atomic E-state index is 9.44. The summed E-state index contributed by atoms with van der Waals surface area (Å²) in [5.41, 5.74) is 2.68. The molecule has 1 aromatic rings. The minimum absolute atomic E-state index is 0.389. The summed E-state index contributed by atoms with van der Waals surface area (Å²) in [7, 11) is 0. The standard InChI is InChI=1S/C14H21NOS/c1-10(17-2)7-8-15-14-6-3-11-9-12(16)4-5-13(11)14/h4-5,9-10,14-16H,3,6-8H2,1-2H3. The van der Waals surface area contributed by atoms with Gasteiger partial charge in [-0.25, -0.2) is 0 Å². The van der Waals surface area contributed by atoms with Gasteiger partial charge in [-0.05, 0) is 55.3 Å². The van der Waals surface area contributed by atoms with Crippen LogP contribution < -0.4 is 5.32 Å². The molecule has 3 heteroatoms. The number of phenolic OH excluding ortho intramolecular Hbond substituents is 1. The molecule has 17 heavy (non-hydrogen) atoms. The molecule has 0 saturated carbocycles. The van der Waals surface area contributed by atoms with Gasteiger partial charge in [-0.3, -0.25) is 0 Å². The molecular formula is C14H21NOS. The number of aromatic hydroxyl groups is 1. The third-order valence-corrected chi connectivity index (χ3v) is 4.59. The van der Waals surface area contributed by atoms with Gasteiger partial charge < -0.3 is 10.4 Å². The molecule has 1 aliphatic rings. The van der Waals surface area contributed by atoms with Crippen LogP contribution in [0.25, 0.3) is 0 Å². The number of phenols is 1. The van der Waals surface area contributed by atoms with E-state index in [1.165, 1.54) is 17.5 Å². The third-order valence-electron chi connectivity index (χ3n) is 3.55. The zero-order valence-corrected chi connectivity index (χ0v) is 11.4. The van der Waals surface area contributed by atoms with Crippen molar-refractivity contribution < 1.29 is 5.11 Å². The van der Waals surface area contributed by atoms with Gasteiger partial charge in [0, 0.05) is 11.3 Å².